The van der Waals surface area contributed by atoms with E-state index in [9.17, 15) is 4.79 Å². The monoisotopic (exact) mass is 420 g/mol. The molecule has 136 valence electrons. The van der Waals surface area contributed by atoms with Crippen molar-refractivity contribution in [3.05, 3.63) is 106 Å². The van der Waals surface area contributed by atoms with E-state index in [2.05, 4.69) is 74.7 Å². The Kier molecular flexibility index (Phi) is 5.37. The average molecular weight is 421 g/mol. The van der Waals surface area contributed by atoms with Gasteiger partial charge in [0.25, 0.3) is 5.91 Å². The topological polar surface area (TPSA) is 32.3 Å². The Morgan fingerprint density at radius 2 is 1.37 bits per heavy atom. The Bertz CT molecular complexity index is 851. The van der Waals surface area contributed by atoms with Crippen LogP contribution in [0.4, 0.5) is 0 Å². The van der Waals surface area contributed by atoms with Gasteiger partial charge in [0.1, 0.15) is 0 Å². The summed E-state index contributed by atoms with van der Waals surface area (Å²) in [6, 6.07) is 29.0. The molecule has 3 aromatic rings. The number of halogens is 1. The maximum Gasteiger partial charge on any atom is 0.251 e. The molecule has 4 rings (SSSR count). The molecular weight excluding hydrogens is 400 g/mol. The zero-order chi connectivity index (χ0) is 18.6. The van der Waals surface area contributed by atoms with Crippen LogP contribution >= 0.6 is 15.9 Å². The van der Waals surface area contributed by atoms with Crippen LogP contribution in [0, 0.1) is 0 Å². The summed E-state index contributed by atoms with van der Waals surface area (Å²) in [6.45, 7) is 1.69. The molecule has 0 unspecified atom stereocenters. The largest absolute Gasteiger partial charge is 0.347 e. The first-order valence-corrected chi connectivity index (χ1v) is 9.90. The van der Waals surface area contributed by atoms with Crippen LogP contribution < -0.4 is 5.32 Å². The molecule has 0 radical (unpaired) electrons. The summed E-state index contributed by atoms with van der Waals surface area (Å²) in [7, 11) is 0. The molecule has 1 aliphatic heterocycles. The van der Waals surface area contributed by atoms with Crippen LogP contribution in [0.5, 0.6) is 0 Å². The van der Waals surface area contributed by atoms with E-state index in [1.807, 2.05) is 36.4 Å². The van der Waals surface area contributed by atoms with Gasteiger partial charge in [0.05, 0.1) is 12.1 Å². The lowest BCUT2D eigenvalue weighted by Gasteiger charge is -2.45. The minimum Gasteiger partial charge on any atom is -0.347 e. The second-order valence-electron chi connectivity index (χ2n) is 6.86. The molecule has 0 atom stereocenters. The fourth-order valence-electron chi connectivity index (χ4n) is 3.57. The van der Waals surface area contributed by atoms with E-state index in [1.54, 1.807) is 0 Å². The van der Waals surface area contributed by atoms with Crippen LogP contribution in [0.25, 0.3) is 0 Å². The SMILES string of the molecule is O=C(NC1CN(C(c2ccccc2)c2ccccc2)C1)c1ccc(Br)cc1. The molecule has 0 bridgehead atoms. The van der Waals surface area contributed by atoms with Crippen LogP contribution in [0.15, 0.2) is 89.4 Å². The molecule has 3 nitrogen and oxygen atoms in total. The van der Waals surface area contributed by atoms with Crippen molar-refractivity contribution >= 4 is 21.8 Å². The first kappa shape index (κ1) is 18.0. The molecule has 1 saturated heterocycles. The lowest BCUT2D eigenvalue weighted by atomic mass is 9.93. The number of nitrogens with zero attached hydrogens (tertiary/aromatic N) is 1. The van der Waals surface area contributed by atoms with Gasteiger partial charge in [-0.1, -0.05) is 76.6 Å². The van der Waals surface area contributed by atoms with Gasteiger partial charge in [-0.2, -0.15) is 0 Å². The van der Waals surface area contributed by atoms with Crippen LogP contribution in [0.3, 0.4) is 0 Å². The predicted octanol–water partition coefficient (Wildman–Crippen LogP) is 4.65. The van der Waals surface area contributed by atoms with Crippen molar-refractivity contribution in [3.8, 4) is 0 Å². The summed E-state index contributed by atoms with van der Waals surface area (Å²) in [4.78, 5) is 14.8. The van der Waals surface area contributed by atoms with Gasteiger partial charge in [0.15, 0.2) is 0 Å². The molecule has 27 heavy (non-hydrogen) atoms. The number of hydrogen-bond donors (Lipinski definition) is 1. The minimum atomic E-state index is -0.0110. The summed E-state index contributed by atoms with van der Waals surface area (Å²) in [5, 5.41) is 3.14. The van der Waals surface area contributed by atoms with Crippen molar-refractivity contribution in [1.82, 2.24) is 10.2 Å². The van der Waals surface area contributed by atoms with Crippen molar-refractivity contribution < 1.29 is 4.79 Å². The maximum atomic E-state index is 12.4. The van der Waals surface area contributed by atoms with Crippen LogP contribution in [-0.2, 0) is 0 Å². The van der Waals surface area contributed by atoms with Crippen molar-refractivity contribution in [2.45, 2.75) is 12.1 Å². The van der Waals surface area contributed by atoms with Gasteiger partial charge in [-0.25, -0.2) is 0 Å². The lowest BCUT2D eigenvalue weighted by molar-refractivity contribution is 0.0718. The molecule has 3 aromatic carbocycles. The Morgan fingerprint density at radius 1 is 0.852 bits per heavy atom. The number of likely N-dealkylation sites (tertiary alicyclic amines) is 1. The molecule has 0 spiro atoms. The van der Waals surface area contributed by atoms with Crippen LogP contribution in [0.2, 0.25) is 0 Å². The zero-order valence-electron chi connectivity index (χ0n) is 14.9. The van der Waals surface area contributed by atoms with Crippen LogP contribution in [-0.4, -0.2) is 29.9 Å². The highest BCUT2D eigenvalue weighted by Gasteiger charge is 2.34. The average Bonchev–Trinajstić information content (AvgIpc) is 2.68. The van der Waals surface area contributed by atoms with Gasteiger partial charge in [0.2, 0.25) is 0 Å². The molecule has 4 heteroatoms. The zero-order valence-corrected chi connectivity index (χ0v) is 16.5. The van der Waals surface area contributed by atoms with E-state index < -0.39 is 0 Å². The van der Waals surface area contributed by atoms with Gasteiger partial charge in [-0.3, -0.25) is 9.69 Å². The summed E-state index contributed by atoms with van der Waals surface area (Å²) in [5.41, 5.74) is 3.25. The summed E-state index contributed by atoms with van der Waals surface area (Å²) >= 11 is 3.40. The minimum absolute atomic E-state index is 0.0110. The molecule has 1 aliphatic rings. The molecule has 1 fully saturated rings. The number of amides is 1. The molecule has 0 aliphatic carbocycles. The quantitative estimate of drug-likeness (QED) is 0.651. The Hall–Kier alpha value is -2.43. The van der Waals surface area contributed by atoms with Gasteiger partial charge in [-0.05, 0) is 35.4 Å². The van der Waals surface area contributed by atoms with Gasteiger partial charge in [0, 0.05) is 23.1 Å². The van der Waals surface area contributed by atoms with E-state index >= 15 is 0 Å². The third-order valence-electron chi connectivity index (χ3n) is 4.95. The number of carbonyl (C=O) groups is 1. The standard InChI is InChI=1S/C23H21BrN2O/c24-20-13-11-19(12-14-20)23(27)25-21-15-26(16-21)22(17-7-3-1-4-8-17)18-9-5-2-6-10-18/h1-14,21-22H,15-16H2,(H,25,27). The lowest BCUT2D eigenvalue weighted by Crippen LogP contribution is -2.60. The van der Waals surface area contributed by atoms with E-state index in [0.717, 1.165) is 17.6 Å². The molecule has 0 aromatic heterocycles. The first-order valence-electron chi connectivity index (χ1n) is 9.11. The highest BCUT2D eigenvalue weighted by molar-refractivity contribution is 9.10. The van der Waals surface area contributed by atoms with Crippen molar-refractivity contribution in [2.24, 2.45) is 0 Å². The summed E-state index contributed by atoms with van der Waals surface area (Å²) < 4.78 is 0.974. The summed E-state index contributed by atoms with van der Waals surface area (Å²) in [6.07, 6.45) is 0. The van der Waals surface area contributed by atoms with E-state index in [1.165, 1.54) is 11.1 Å². The number of hydrogen-bond acceptors (Lipinski definition) is 2. The summed E-state index contributed by atoms with van der Waals surface area (Å²) in [5.74, 6) is -0.0110. The second kappa shape index (κ2) is 8.07. The fourth-order valence-corrected chi connectivity index (χ4v) is 3.83. The maximum absolute atomic E-state index is 12.4. The van der Waals surface area contributed by atoms with Crippen molar-refractivity contribution in [2.75, 3.05) is 13.1 Å². The highest BCUT2D eigenvalue weighted by Crippen LogP contribution is 2.32. The predicted molar refractivity (Wildman–Crippen MR) is 112 cm³/mol. The third kappa shape index (κ3) is 4.12. The van der Waals surface area contributed by atoms with Crippen molar-refractivity contribution in [1.29, 1.82) is 0 Å². The van der Waals surface area contributed by atoms with E-state index in [0.29, 0.717) is 5.56 Å². The Balaban J connectivity index is 1.44. The molecule has 0 saturated carbocycles. The molecule has 1 heterocycles. The highest BCUT2D eigenvalue weighted by atomic mass is 79.9. The smallest absolute Gasteiger partial charge is 0.251 e. The Labute approximate surface area is 168 Å². The second-order valence-corrected chi connectivity index (χ2v) is 7.77. The third-order valence-corrected chi connectivity index (χ3v) is 5.48. The van der Waals surface area contributed by atoms with E-state index in [4.69, 9.17) is 0 Å². The molecule has 1 N–H and O–H groups in total. The molecule has 1 amide bonds. The first-order chi connectivity index (χ1) is 13.2. The number of carbonyl (C=O) groups excluding carboxylic acids is 1. The van der Waals surface area contributed by atoms with Crippen molar-refractivity contribution in [3.63, 3.8) is 0 Å². The number of rotatable bonds is 5. The van der Waals surface area contributed by atoms with E-state index in [-0.39, 0.29) is 18.0 Å². The normalized spacial score (nSPS) is 14.7. The fraction of sp³-hybridized carbons (Fsp3) is 0.174. The van der Waals surface area contributed by atoms with Gasteiger partial charge < -0.3 is 5.32 Å². The number of nitrogens with one attached hydrogen (secondary N) is 1. The van der Waals surface area contributed by atoms with Crippen LogP contribution in [0.1, 0.15) is 27.5 Å². The number of benzene rings is 3. The van der Waals surface area contributed by atoms with Gasteiger partial charge >= 0.3 is 0 Å². The van der Waals surface area contributed by atoms with Gasteiger partial charge in [-0.15, -0.1) is 0 Å². The molecular formula is C23H21BrN2O. The Morgan fingerprint density at radius 3 is 1.89 bits per heavy atom.